The van der Waals surface area contributed by atoms with E-state index in [1.54, 1.807) is 7.11 Å². The summed E-state index contributed by atoms with van der Waals surface area (Å²) in [5.74, 6) is 0. The minimum absolute atomic E-state index is 0.466. The number of ether oxygens (including phenoxy) is 1. The van der Waals surface area contributed by atoms with Crippen molar-refractivity contribution in [1.82, 2.24) is 20.4 Å². The fraction of sp³-hybridized carbons (Fsp3) is 0.800. The zero-order chi connectivity index (χ0) is 15.0. The van der Waals surface area contributed by atoms with Crippen LogP contribution in [0.4, 0.5) is 0 Å². The fourth-order valence-corrected chi connectivity index (χ4v) is 2.41. The summed E-state index contributed by atoms with van der Waals surface area (Å²) in [6.07, 6.45) is 1.04. The number of nitrogens with zero attached hydrogens (tertiary/aromatic N) is 2. The Morgan fingerprint density at radius 2 is 2.05 bits per heavy atom. The number of aryl methyl sites for hydroxylation is 2. The fourth-order valence-electron chi connectivity index (χ4n) is 2.41. The van der Waals surface area contributed by atoms with E-state index in [1.807, 2.05) is 0 Å². The summed E-state index contributed by atoms with van der Waals surface area (Å²) in [5, 5.41) is 11.5. The van der Waals surface area contributed by atoms with Crippen LogP contribution in [0.15, 0.2) is 0 Å². The van der Waals surface area contributed by atoms with E-state index >= 15 is 0 Å². The van der Waals surface area contributed by atoms with Gasteiger partial charge in [-0.2, -0.15) is 5.10 Å². The van der Waals surface area contributed by atoms with E-state index in [0.717, 1.165) is 44.9 Å². The predicted molar refractivity (Wildman–Crippen MR) is 83.3 cm³/mol. The first kappa shape index (κ1) is 17.1. The van der Waals surface area contributed by atoms with E-state index in [2.05, 4.69) is 48.1 Å². The molecule has 0 spiro atoms. The molecule has 2 N–H and O–H groups in total. The molecule has 20 heavy (non-hydrogen) atoms. The van der Waals surface area contributed by atoms with Crippen LogP contribution in [0.3, 0.4) is 0 Å². The van der Waals surface area contributed by atoms with Crippen molar-refractivity contribution in [3.63, 3.8) is 0 Å². The lowest BCUT2D eigenvalue weighted by Crippen LogP contribution is -2.38. The average Bonchev–Trinajstić information content (AvgIpc) is 2.70. The summed E-state index contributed by atoms with van der Waals surface area (Å²) in [7, 11) is 1.73. The standard InChI is InChI=1S/C15H30N4O/c1-6-19-14(4)15(13(3)18-19)7-8-17-12(2)11-16-9-10-20-5/h12,16-17H,6-11H2,1-5H3. The quantitative estimate of drug-likeness (QED) is 0.635. The topological polar surface area (TPSA) is 51.1 Å². The van der Waals surface area contributed by atoms with Crippen molar-refractivity contribution in [2.75, 3.05) is 33.4 Å². The van der Waals surface area contributed by atoms with Crippen molar-refractivity contribution >= 4 is 0 Å². The van der Waals surface area contributed by atoms with Crippen molar-refractivity contribution in [1.29, 1.82) is 0 Å². The number of hydrogen-bond acceptors (Lipinski definition) is 4. The third kappa shape index (κ3) is 5.23. The van der Waals surface area contributed by atoms with Gasteiger partial charge in [-0.05, 0) is 46.2 Å². The van der Waals surface area contributed by atoms with E-state index < -0.39 is 0 Å². The van der Waals surface area contributed by atoms with E-state index in [-0.39, 0.29) is 0 Å². The Balaban J connectivity index is 2.28. The zero-order valence-electron chi connectivity index (χ0n) is 13.6. The van der Waals surface area contributed by atoms with Gasteiger partial charge in [-0.3, -0.25) is 4.68 Å². The minimum Gasteiger partial charge on any atom is -0.383 e. The van der Waals surface area contributed by atoms with Crippen molar-refractivity contribution in [2.24, 2.45) is 0 Å². The molecule has 5 nitrogen and oxygen atoms in total. The molecule has 0 bridgehead atoms. The van der Waals surface area contributed by atoms with Gasteiger partial charge in [0.1, 0.15) is 0 Å². The van der Waals surface area contributed by atoms with Crippen LogP contribution in [0.5, 0.6) is 0 Å². The molecule has 0 amide bonds. The van der Waals surface area contributed by atoms with Gasteiger partial charge in [-0.25, -0.2) is 0 Å². The van der Waals surface area contributed by atoms with E-state index in [9.17, 15) is 0 Å². The molecule has 0 radical (unpaired) electrons. The molecule has 1 aromatic rings. The van der Waals surface area contributed by atoms with Crippen molar-refractivity contribution in [3.8, 4) is 0 Å². The highest BCUT2D eigenvalue weighted by atomic mass is 16.5. The molecular formula is C15H30N4O. The largest absolute Gasteiger partial charge is 0.383 e. The lowest BCUT2D eigenvalue weighted by Gasteiger charge is -2.14. The Morgan fingerprint density at radius 3 is 2.65 bits per heavy atom. The summed E-state index contributed by atoms with van der Waals surface area (Å²) >= 11 is 0. The number of aromatic nitrogens is 2. The van der Waals surface area contributed by atoms with Crippen molar-refractivity contribution in [3.05, 3.63) is 17.0 Å². The highest BCUT2D eigenvalue weighted by Crippen LogP contribution is 2.13. The molecule has 1 atom stereocenters. The maximum atomic E-state index is 5.01. The first-order chi connectivity index (χ1) is 9.60. The Bertz CT molecular complexity index is 389. The lowest BCUT2D eigenvalue weighted by atomic mass is 10.1. The van der Waals surface area contributed by atoms with Gasteiger partial charge in [0.25, 0.3) is 0 Å². The lowest BCUT2D eigenvalue weighted by molar-refractivity contribution is 0.198. The van der Waals surface area contributed by atoms with Crippen LogP contribution in [-0.2, 0) is 17.7 Å². The van der Waals surface area contributed by atoms with Gasteiger partial charge in [-0.15, -0.1) is 0 Å². The third-order valence-electron chi connectivity index (χ3n) is 3.63. The van der Waals surface area contributed by atoms with Crippen LogP contribution < -0.4 is 10.6 Å². The van der Waals surface area contributed by atoms with Crippen molar-refractivity contribution < 1.29 is 4.74 Å². The second kappa shape index (κ2) is 9.10. The number of methoxy groups -OCH3 is 1. The first-order valence-electron chi connectivity index (χ1n) is 7.56. The van der Waals surface area contributed by atoms with Gasteiger partial charge >= 0.3 is 0 Å². The molecule has 116 valence electrons. The molecule has 1 unspecified atom stereocenters. The molecule has 0 fully saturated rings. The van der Waals surface area contributed by atoms with Crippen molar-refractivity contribution in [2.45, 2.75) is 46.7 Å². The normalized spacial score (nSPS) is 12.8. The van der Waals surface area contributed by atoms with E-state index in [0.29, 0.717) is 6.04 Å². The summed E-state index contributed by atoms with van der Waals surface area (Å²) < 4.78 is 7.09. The second-order valence-electron chi connectivity index (χ2n) is 5.27. The van der Waals surface area contributed by atoms with Gasteiger partial charge < -0.3 is 15.4 Å². The maximum absolute atomic E-state index is 5.01. The molecule has 0 saturated heterocycles. The molecule has 0 aromatic carbocycles. The molecule has 1 aromatic heterocycles. The number of hydrogen-bond donors (Lipinski definition) is 2. The molecule has 0 saturated carbocycles. The average molecular weight is 282 g/mol. The summed E-state index contributed by atoms with van der Waals surface area (Å²) in [6.45, 7) is 13.2. The highest BCUT2D eigenvalue weighted by molar-refractivity contribution is 5.24. The van der Waals surface area contributed by atoms with Crippen LogP contribution in [0.2, 0.25) is 0 Å². The van der Waals surface area contributed by atoms with E-state index in [4.69, 9.17) is 4.74 Å². The molecule has 0 aliphatic carbocycles. The summed E-state index contributed by atoms with van der Waals surface area (Å²) in [5.41, 5.74) is 3.86. The van der Waals surface area contributed by atoms with Gasteiger partial charge in [0.2, 0.25) is 0 Å². The van der Waals surface area contributed by atoms with Crippen LogP contribution >= 0.6 is 0 Å². The van der Waals surface area contributed by atoms with Gasteiger partial charge in [-0.1, -0.05) is 0 Å². The third-order valence-corrected chi connectivity index (χ3v) is 3.63. The Kier molecular flexibility index (Phi) is 7.80. The number of nitrogens with one attached hydrogen (secondary N) is 2. The Hall–Kier alpha value is -0.910. The molecule has 0 aliphatic heterocycles. The first-order valence-corrected chi connectivity index (χ1v) is 7.56. The summed E-state index contributed by atoms with van der Waals surface area (Å²) in [4.78, 5) is 0. The molecule has 0 aliphatic rings. The Labute approximate surface area is 123 Å². The maximum Gasteiger partial charge on any atom is 0.0628 e. The monoisotopic (exact) mass is 282 g/mol. The SMILES string of the molecule is CCn1nc(C)c(CCNC(C)CNCCOC)c1C. The molecular weight excluding hydrogens is 252 g/mol. The highest BCUT2D eigenvalue weighted by Gasteiger charge is 2.10. The number of rotatable bonds is 10. The molecule has 1 heterocycles. The van der Waals surface area contributed by atoms with Crippen LogP contribution in [0.1, 0.15) is 30.8 Å². The predicted octanol–water partition coefficient (Wildman–Crippen LogP) is 1.28. The second-order valence-corrected chi connectivity index (χ2v) is 5.27. The van der Waals surface area contributed by atoms with Crippen LogP contribution in [0, 0.1) is 13.8 Å². The smallest absolute Gasteiger partial charge is 0.0628 e. The minimum atomic E-state index is 0.466. The van der Waals surface area contributed by atoms with Gasteiger partial charge in [0.15, 0.2) is 0 Å². The summed E-state index contributed by atoms with van der Waals surface area (Å²) in [6, 6.07) is 0.466. The molecule has 5 heteroatoms. The van der Waals surface area contributed by atoms with Crippen LogP contribution in [0.25, 0.3) is 0 Å². The van der Waals surface area contributed by atoms with E-state index in [1.165, 1.54) is 11.3 Å². The van der Waals surface area contributed by atoms with Gasteiger partial charge in [0.05, 0.1) is 12.3 Å². The Morgan fingerprint density at radius 1 is 1.30 bits per heavy atom. The zero-order valence-corrected chi connectivity index (χ0v) is 13.6. The van der Waals surface area contributed by atoms with Gasteiger partial charge in [0, 0.05) is 38.5 Å². The van der Waals surface area contributed by atoms with Crippen LogP contribution in [-0.4, -0.2) is 49.2 Å². The molecule has 1 rings (SSSR count).